The Kier molecular flexibility index (Phi) is 4.22. The zero-order chi connectivity index (χ0) is 15.6. The molecule has 0 atom stereocenters. The van der Waals surface area contributed by atoms with Crippen LogP contribution in [0.4, 0.5) is 18.9 Å². The number of rotatable bonds is 4. The minimum Gasteiger partial charge on any atom is -0.378 e. The summed E-state index contributed by atoms with van der Waals surface area (Å²) in [7, 11) is -3.47. The molecule has 1 N–H and O–H groups in total. The first kappa shape index (κ1) is 15.4. The number of nitrogens with one attached hydrogen (secondary N) is 1. The van der Waals surface area contributed by atoms with E-state index in [2.05, 4.69) is 5.32 Å². The summed E-state index contributed by atoms with van der Waals surface area (Å²) >= 11 is 0. The Morgan fingerprint density at radius 2 is 1.71 bits per heavy atom. The van der Waals surface area contributed by atoms with Crippen LogP contribution in [0.25, 0.3) is 0 Å². The van der Waals surface area contributed by atoms with E-state index in [1.807, 2.05) is 0 Å². The van der Waals surface area contributed by atoms with Crippen molar-refractivity contribution < 1.29 is 21.6 Å². The Hall–Kier alpha value is -2.02. The fourth-order valence-electron chi connectivity index (χ4n) is 1.73. The molecule has 0 unspecified atom stereocenters. The van der Waals surface area contributed by atoms with Crippen LogP contribution in [0.5, 0.6) is 0 Å². The van der Waals surface area contributed by atoms with Crippen LogP contribution >= 0.6 is 0 Å². The van der Waals surface area contributed by atoms with Crippen molar-refractivity contribution in [3.8, 4) is 0 Å². The van der Waals surface area contributed by atoms with Gasteiger partial charge in [-0.2, -0.15) is 0 Å². The molecule has 0 radical (unpaired) electrons. The summed E-state index contributed by atoms with van der Waals surface area (Å²) < 4.78 is 62.7. The second-order valence-electron chi connectivity index (χ2n) is 4.50. The molecule has 112 valence electrons. The number of halogens is 3. The van der Waals surface area contributed by atoms with Crippen molar-refractivity contribution in [1.82, 2.24) is 0 Å². The molecule has 21 heavy (non-hydrogen) atoms. The van der Waals surface area contributed by atoms with Crippen molar-refractivity contribution in [1.29, 1.82) is 0 Å². The first-order chi connectivity index (χ1) is 9.77. The third-order valence-electron chi connectivity index (χ3n) is 2.85. The normalized spacial score (nSPS) is 11.4. The standard InChI is InChI=1S/C14H12F3NO2S/c1-21(19,20)11-4-5-12(16)14(7-11)18-8-9-2-3-10(15)6-13(9)17/h2-7,18H,8H2,1H3. The summed E-state index contributed by atoms with van der Waals surface area (Å²) in [5.41, 5.74) is 0.0715. The van der Waals surface area contributed by atoms with Gasteiger partial charge in [-0.15, -0.1) is 0 Å². The molecular formula is C14H12F3NO2S. The predicted octanol–water partition coefficient (Wildman–Crippen LogP) is 3.12. The summed E-state index contributed by atoms with van der Waals surface area (Å²) in [4.78, 5) is -0.0500. The van der Waals surface area contributed by atoms with Crippen LogP contribution < -0.4 is 5.32 Å². The van der Waals surface area contributed by atoms with E-state index in [1.165, 1.54) is 6.07 Å². The van der Waals surface area contributed by atoms with Gasteiger partial charge in [0.15, 0.2) is 9.84 Å². The lowest BCUT2D eigenvalue weighted by molar-refractivity contribution is 0.573. The van der Waals surface area contributed by atoms with Crippen molar-refractivity contribution in [2.24, 2.45) is 0 Å². The predicted molar refractivity (Wildman–Crippen MR) is 73.2 cm³/mol. The summed E-state index contributed by atoms with van der Waals surface area (Å²) in [6.45, 7) is -0.101. The van der Waals surface area contributed by atoms with Crippen molar-refractivity contribution in [2.45, 2.75) is 11.4 Å². The summed E-state index contributed by atoms with van der Waals surface area (Å²) in [6.07, 6.45) is 1.00. The molecule has 0 fully saturated rings. The highest BCUT2D eigenvalue weighted by Crippen LogP contribution is 2.21. The van der Waals surface area contributed by atoms with Gasteiger partial charge in [-0.25, -0.2) is 21.6 Å². The van der Waals surface area contributed by atoms with Crippen molar-refractivity contribution in [2.75, 3.05) is 11.6 Å². The highest BCUT2D eigenvalue weighted by molar-refractivity contribution is 7.90. The van der Waals surface area contributed by atoms with E-state index in [0.717, 1.165) is 36.6 Å². The Morgan fingerprint density at radius 3 is 2.33 bits per heavy atom. The molecule has 0 saturated heterocycles. The van der Waals surface area contributed by atoms with Gasteiger partial charge in [0.2, 0.25) is 0 Å². The molecule has 3 nitrogen and oxygen atoms in total. The minimum atomic E-state index is -3.47. The molecular weight excluding hydrogens is 303 g/mol. The first-order valence-corrected chi connectivity index (χ1v) is 7.84. The molecule has 0 aromatic heterocycles. The van der Waals surface area contributed by atoms with Crippen LogP contribution in [0, 0.1) is 17.5 Å². The minimum absolute atomic E-state index is 0.0500. The average Bonchev–Trinajstić information content (AvgIpc) is 2.38. The van der Waals surface area contributed by atoms with E-state index < -0.39 is 27.3 Å². The zero-order valence-corrected chi connectivity index (χ0v) is 11.8. The maximum atomic E-state index is 13.6. The number of hydrogen-bond donors (Lipinski definition) is 1. The van der Waals surface area contributed by atoms with E-state index >= 15 is 0 Å². The van der Waals surface area contributed by atoms with Crippen LogP contribution in [0.15, 0.2) is 41.3 Å². The highest BCUT2D eigenvalue weighted by atomic mass is 32.2. The molecule has 0 spiro atoms. The van der Waals surface area contributed by atoms with Crippen LogP contribution in [0.3, 0.4) is 0 Å². The molecule has 2 rings (SSSR count). The second kappa shape index (κ2) is 5.77. The lowest BCUT2D eigenvalue weighted by Crippen LogP contribution is -2.05. The van der Waals surface area contributed by atoms with Gasteiger partial charge < -0.3 is 5.32 Å². The van der Waals surface area contributed by atoms with Gasteiger partial charge in [0.25, 0.3) is 0 Å². The zero-order valence-electron chi connectivity index (χ0n) is 11.0. The van der Waals surface area contributed by atoms with Crippen molar-refractivity contribution >= 4 is 15.5 Å². The van der Waals surface area contributed by atoms with E-state index in [4.69, 9.17) is 0 Å². The van der Waals surface area contributed by atoms with Crippen LogP contribution in [-0.4, -0.2) is 14.7 Å². The summed E-state index contributed by atoms with van der Waals surface area (Å²) in [6, 6.07) is 6.33. The largest absolute Gasteiger partial charge is 0.378 e. The smallest absolute Gasteiger partial charge is 0.175 e. The Bertz CT molecular complexity index is 776. The van der Waals surface area contributed by atoms with E-state index in [0.29, 0.717) is 0 Å². The van der Waals surface area contributed by atoms with Gasteiger partial charge in [-0.3, -0.25) is 0 Å². The number of sulfone groups is 1. The summed E-state index contributed by atoms with van der Waals surface area (Å²) in [5.74, 6) is -2.13. The molecule has 0 aliphatic rings. The Morgan fingerprint density at radius 1 is 1.00 bits per heavy atom. The molecule has 0 heterocycles. The van der Waals surface area contributed by atoms with Gasteiger partial charge in [-0.05, 0) is 24.3 Å². The fraction of sp³-hybridized carbons (Fsp3) is 0.143. The second-order valence-corrected chi connectivity index (χ2v) is 6.52. The van der Waals surface area contributed by atoms with Crippen LogP contribution in [-0.2, 0) is 16.4 Å². The van der Waals surface area contributed by atoms with Crippen molar-refractivity contribution in [3.05, 3.63) is 59.4 Å². The monoisotopic (exact) mass is 315 g/mol. The molecule has 0 aliphatic heterocycles. The van der Waals surface area contributed by atoms with E-state index in [-0.39, 0.29) is 22.7 Å². The molecule has 7 heteroatoms. The van der Waals surface area contributed by atoms with Crippen molar-refractivity contribution in [3.63, 3.8) is 0 Å². The third kappa shape index (κ3) is 3.75. The van der Waals surface area contributed by atoms with Gasteiger partial charge in [0, 0.05) is 24.4 Å². The van der Waals surface area contributed by atoms with Gasteiger partial charge in [0.05, 0.1) is 10.6 Å². The maximum absolute atomic E-state index is 13.6. The van der Waals surface area contributed by atoms with Gasteiger partial charge in [-0.1, -0.05) is 6.07 Å². The average molecular weight is 315 g/mol. The number of benzene rings is 2. The fourth-order valence-corrected chi connectivity index (χ4v) is 2.37. The SMILES string of the molecule is CS(=O)(=O)c1ccc(F)c(NCc2ccc(F)cc2F)c1. The quantitative estimate of drug-likeness (QED) is 0.882. The molecule has 0 bridgehead atoms. The maximum Gasteiger partial charge on any atom is 0.175 e. The van der Waals surface area contributed by atoms with E-state index in [1.54, 1.807) is 0 Å². The summed E-state index contributed by atoms with van der Waals surface area (Å²) in [5, 5.41) is 2.60. The number of hydrogen-bond acceptors (Lipinski definition) is 3. The van der Waals surface area contributed by atoms with Gasteiger partial charge in [0.1, 0.15) is 17.5 Å². The first-order valence-electron chi connectivity index (χ1n) is 5.95. The molecule has 0 saturated carbocycles. The topological polar surface area (TPSA) is 46.2 Å². The lowest BCUT2D eigenvalue weighted by atomic mass is 10.2. The van der Waals surface area contributed by atoms with Crippen LogP contribution in [0.2, 0.25) is 0 Å². The third-order valence-corrected chi connectivity index (χ3v) is 3.96. The number of anilines is 1. The Balaban J connectivity index is 2.23. The molecule has 2 aromatic rings. The molecule has 0 amide bonds. The van der Waals surface area contributed by atoms with Gasteiger partial charge >= 0.3 is 0 Å². The highest BCUT2D eigenvalue weighted by Gasteiger charge is 2.11. The Labute approximate surface area is 120 Å². The molecule has 2 aromatic carbocycles. The molecule has 0 aliphatic carbocycles. The van der Waals surface area contributed by atoms with E-state index in [9.17, 15) is 21.6 Å². The van der Waals surface area contributed by atoms with Crippen LogP contribution in [0.1, 0.15) is 5.56 Å². The lowest BCUT2D eigenvalue weighted by Gasteiger charge is -2.10.